The highest BCUT2D eigenvalue weighted by Gasteiger charge is 2.67. The van der Waals surface area contributed by atoms with Gasteiger partial charge >= 0.3 is 0 Å². The Morgan fingerprint density at radius 3 is 1.75 bits per heavy atom. The van der Waals surface area contributed by atoms with Gasteiger partial charge in [-0.3, -0.25) is 4.99 Å². The van der Waals surface area contributed by atoms with Crippen molar-refractivity contribution >= 4 is 44.1 Å². The molecule has 0 radical (unpaired) electrons. The maximum Gasteiger partial charge on any atom is 0.155 e. The average Bonchev–Trinajstić information content (AvgIpc) is 3.74. The van der Waals surface area contributed by atoms with Crippen LogP contribution < -0.4 is 0 Å². The third-order valence-electron chi connectivity index (χ3n) is 12.0. The van der Waals surface area contributed by atoms with E-state index in [4.69, 9.17) is 9.98 Å². The van der Waals surface area contributed by atoms with E-state index in [1.165, 1.54) is 60.4 Å². The van der Waals surface area contributed by atoms with Gasteiger partial charge in [0.1, 0.15) is 5.54 Å². The van der Waals surface area contributed by atoms with Crippen LogP contribution in [0.4, 0.5) is 0 Å². The first kappa shape index (κ1) is 31.7. The first-order chi connectivity index (χ1) is 27.2. The van der Waals surface area contributed by atoms with Gasteiger partial charge in [0, 0.05) is 27.9 Å². The van der Waals surface area contributed by atoms with Gasteiger partial charge in [0.15, 0.2) is 5.84 Å². The van der Waals surface area contributed by atoms with Crippen molar-refractivity contribution in [1.29, 1.82) is 0 Å². The lowest BCUT2D eigenvalue weighted by molar-refractivity contribution is 0.656. The van der Waals surface area contributed by atoms with Crippen molar-refractivity contribution in [3.05, 3.63) is 211 Å². The number of aliphatic imine (C=N–C) groups is 2. The van der Waals surface area contributed by atoms with E-state index in [0.29, 0.717) is 5.92 Å². The van der Waals surface area contributed by atoms with Crippen molar-refractivity contribution in [2.45, 2.75) is 12.5 Å². The molecular weight excluding hydrogens is 667 g/mol. The number of fused-ring (bicyclic) bond motifs is 6. The van der Waals surface area contributed by atoms with Gasteiger partial charge in [-0.2, -0.15) is 0 Å². The van der Waals surface area contributed by atoms with E-state index in [2.05, 4.69) is 206 Å². The topological polar surface area (TPSA) is 29.6 Å². The summed E-state index contributed by atoms with van der Waals surface area (Å²) in [6.07, 6.45) is 0. The molecule has 260 valence electrons. The highest BCUT2D eigenvalue weighted by molar-refractivity contribution is 6.24. The van der Waals surface area contributed by atoms with E-state index in [-0.39, 0.29) is 11.5 Å². The molecule has 0 spiro atoms. The third kappa shape index (κ3) is 4.90. The van der Waals surface area contributed by atoms with Gasteiger partial charge in [-0.25, -0.2) is 4.99 Å². The molecule has 1 aliphatic heterocycles. The van der Waals surface area contributed by atoms with Crippen LogP contribution in [0.1, 0.15) is 23.6 Å². The van der Waals surface area contributed by atoms with Gasteiger partial charge in [0.25, 0.3) is 0 Å². The Hall–Kier alpha value is -6.84. The molecule has 0 bridgehead atoms. The normalized spacial score (nSPS) is 18.9. The minimum Gasteiger partial charge on any atom is -0.309 e. The molecule has 8 aromatic carbocycles. The molecule has 55 heavy (non-hydrogen) atoms. The summed E-state index contributed by atoms with van der Waals surface area (Å²) in [5.41, 5.74) is 12.6. The molecule has 11 rings (SSSR count). The first-order valence-electron chi connectivity index (χ1n) is 19.2. The number of hydrogen-bond acceptors (Lipinski definition) is 2. The van der Waals surface area contributed by atoms with E-state index < -0.39 is 0 Å². The number of nitrogens with zero attached hydrogens (tertiary/aromatic N) is 3. The quantitative estimate of drug-likeness (QED) is 0.165. The molecule has 1 saturated carbocycles. The molecule has 0 saturated heterocycles. The van der Waals surface area contributed by atoms with Crippen molar-refractivity contribution in [1.82, 2.24) is 4.57 Å². The maximum absolute atomic E-state index is 5.43. The van der Waals surface area contributed by atoms with Gasteiger partial charge in [-0.1, -0.05) is 177 Å². The van der Waals surface area contributed by atoms with Gasteiger partial charge in [-0.15, -0.1) is 0 Å². The second-order valence-electron chi connectivity index (χ2n) is 15.0. The van der Waals surface area contributed by atoms with Gasteiger partial charge in [0.05, 0.1) is 16.7 Å². The molecule has 9 aromatic rings. The molecule has 1 fully saturated rings. The monoisotopic (exact) mass is 703 g/mol. The molecule has 3 heteroatoms. The van der Waals surface area contributed by atoms with Crippen LogP contribution in [0.15, 0.2) is 204 Å². The zero-order valence-corrected chi connectivity index (χ0v) is 30.5. The number of amidine groups is 1. The summed E-state index contributed by atoms with van der Waals surface area (Å²) < 4.78 is 2.47. The molecular formula is C52H37N3. The molecule has 0 amide bonds. The van der Waals surface area contributed by atoms with Crippen LogP contribution in [0.3, 0.4) is 0 Å². The van der Waals surface area contributed by atoms with E-state index in [1.807, 2.05) is 0 Å². The van der Waals surface area contributed by atoms with Crippen LogP contribution in [0.2, 0.25) is 0 Å². The summed E-state index contributed by atoms with van der Waals surface area (Å²) in [5, 5.41) is 5.04. The molecule has 3 unspecified atom stereocenters. The first-order valence-corrected chi connectivity index (χ1v) is 19.2. The molecule has 2 heterocycles. The lowest BCUT2D eigenvalue weighted by Crippen LogP contribution is -2.23. The molecule has 0 N–H and O–H groups in total. The standard InChI is InChI=1S/C52H37N3/c1-34-49-50(53-51(38-20-10-4-11-21-38)54-52(34,49)40-22-12-5-13-23-40)37-26-29-41(30-27-37)55-46-32-39(35-16-6-2-7-17-35)28-31-44(46)48-43-25-15-14-24-42(43)45(33-47(48)55)36-18-8-3-9-19-36/h2-34,49H,1H3. The summed E-state index contributed by atoms with van der Waals surface area (Å²) >= 11 is 0. The molecule has 3 atom stereocenters. The zero-order valence-electron chi connectivity index (χ0n) is 30.5. The fraction of sp³-hybridized carbons (Fsp3) is 0.0769. The van der Waals surface area contributed by atoms with Crippen molar-refractivity contribution in [2.24, 2.45) is 21.8 Å². The van der Waals surface area contributed by atoms with Crippen LogP contribution in [0.25, 0.3) is 60.5 Å². The Morgan fingerprint density at radius 1 is 0.473 bits per heavy atom. The summed E-state index contributed by atoms with van der Waals surface area (Å²) in [6, 6.07) is 70.1. The minimum atomic E-state index is -0.322. The van der Waals surface area contributed by atoms with Crippen LogP contribution in [0, 0.1) is 11.8 Å². The lowest BCUT2D eigenvalue weighted by Gasteiger charge is -2.21. The second-order valence-corrected chi connectivity index (χ2v) is 15.0. The highest BCUT2D eigenvalue weighted by Crippen LogP contribution is 2.63. The Balaban J connectivity index is 1.12. The van der Waals surface area contributed by atoms with Gasteiger partial charge < -0.3 is 4.57 Å². The summed E-state index contributed by atoms with van der Waals surface area (Å²) in [6.45, 7) is 2.33. The maximum atomic E-state index is 5.43. The van der Waals surface area contributed by atoms with Gasteiger partial charge in [-0.05, 0) is 74.3 Å². The van der Waals surface area contributed by atoms with Crippen LogP contribution in [-0.2, 0) is 5.54 Å². The van der Waals surface area contributed by atoms with E-state index in [0.717, 1.165) is 28.4 Å². The van der Waals surface area contributed by atoms with Crippen LogP contribution in [-0.4, -0.2) is 16.1 Å². The summed E-state index contributed by atoms with van der Waals surface area (Å²) in [4.78, 5) is 10.8. The number of aromatic nitrogens is 1. The summed E-state index contributed by atoms with van der Waals surface area (Å²) in [7, 11) is 0. The zero-order chi connectivity index (χ0) is 36.5. The van der Waals surface area contributed by atoms with Crippen molar-refractivity contribution < 1.29 is 0 Å². The largest absolute Gasteiger partial charge is 0.309 e. The number of hydrogen-bond donors (Lipinski definition) is 0. The smallest absolute Gasteiger partial charge is 0.155 e. The van der Waals surface area contributed by atoms with Gasteiger partial charge in [0.2, 0.25) is 0 Å². The molecule has 1 aromatic heterocycles. The Morgan fingerprint density at radius 2 is 1.05 bits per heavy atom. The van der Waals surface area contributed by atoms with E-state index >= 15 is 0 Å². The number of rotatable bonds is 6. The Kier molecular flexibility index (Phi) is 7.12. The third-order valence-corrected chi connectivity index (χ3v) is 12.0. The predicted molar refractivity (Wildman–Crippen MR) is 229 cm³/mol. The highest BCUT2D eigenvalue weighted by atomic mass is 15.1. The van der Waals surface area contributed by atoms with Crippen molar-refractivity contribution in [2.75, 3.05) is 0 Å². The predicted octanol–water partition coefficient (Wildman–Crippen LogP) is 12.7. The Labute approximate surface area is 320 Å². The van der Waals surface area contributed by atoms with E-state index in [9.17, 15) is 0 Å². The molecule has 2 aliphatic rings. The summed E-state index contributed by atoms with van der Waals surface area (Å²) in [5.74, 6) is 1.34. The van der Waals surface area contributed by atoms with Crippen molar-refractivity contribution in [3.8, 4) is 27.9 Å². The molecule has 3 nitrogen and oxygen atoms in total. The van der Waals surface area contributed by atoms with Crippen molar-refractivity contribution in [3.63, 3.8) is 0 Å². The average molecular weight is 704 g/mol. The lowest BCUT2D eigenvalue weighted by atomic mass is 9.94. The molecule has 1 aliphatic carbocycles. The minimum absolute atomic E-state index is 0.203. The fourth-order valence-corrected chi connectivity index (χ4v) is 9.32. The fourth-order valence-electron chi connectivity index (χ4n) is 9.32. The van der Waals surface area contributed by atoms with Crippen LogP contribution >= 0.6 is 0 Å². The van der Waals surface area contributed by atoms with E-state index in [1.54, 1.807) is 0 Å². The Bertz CT molecular complexity index is 2960. The second kappa shape index (κ2) is 12.4. The number of benzene rings is 8. The SMILES string of the molecule is CC1C2C(c3ccc(-n4c5cc(-c6ccccc6)ccc5c5c6ccccc6c(-c6ccccc6)cc54)cc3)=NC(c3ccccc3)=NC12c1ccccc1. The van der Waals surface area contributed by atoms with Crippen LogP contribution in [0.5, 0.6) is 0 Å².